The van der Waals surface area contributed by atoms with E-state index in [1.54, 1.807) is 41.5 Å². The molecule has 2 atom stereocenters. The molecule has 0 spiro atoms. The van der Waals surface area contributed by atoms with Crippen molar-refractivity contribution in [3.8, 4) is 0 Å². The van der Waals surface area contributed by atoms with Crippen LogP contribution in [0.5, 0.6) is 0 Å². The molecular formula is C29H58O13P2S. The van der Waals surface area contributed by atoms with E-state index in [9.17, 15) is 28.5 Å². The third kappa shape index (κ3) is 33.5. The summed E-state index contributed by atoms with van der Waals surface area (Å²) in [6, 6.07) is 0. The maximum Gasteiger partial charge on any atom is 0.472 e. The third-order valence-corrected chi connectivity index (χ3v) is 8.99. The highest BCUT2D eigenvalue weighted by Crippen LogP contribution is 2.47. The van der Waals surface area contributed by atoms with Crippen LogP contribution in [-0.2, 0) is 51.0 Å². The van der Waals surface area contributed by atoms with Gasteiger partial charge in [0.2, 0.25) is 0 Å². The van der Waals surface area contributed by atoms with Gasteiger partial charge in [0.1, 0.15) is 11.6 Å². The predicted molar refractivity (Wildman–Crippen MR) is 175 cm³/mol. The predicted octanol–water partition coefficient (Wildman–Crippen LogP) is 6.28. The van der Waals surface area contributed by atoms with E-state index in [4.69, 9.17) is 32.3 Å². The molecule has 0 aromatic heterocycles. The van der Waals surface area contributed by atoms with E-state index < -0.39 is 26.8 Å². The summed E-state index contributed by atoms with van der Waals surface area (Å²) in [6.07, 6.45) is 6.21. The van der Waals surface area contributed by atoms with E-state index in [-0.39, 0.29) is 31.4 Å². The quantitative estimate of drug-likeness (QED) is 0.0630. The summed E-state index contributed by atoms with van der Waals surface area (Å²) in [4.78, 5) is 43.3. The first-order valence-electron chi connectivity index (χ1n) is 15.6. The van der Waals surface area contributed by atoms with Crippen molar-refractivity contribution in [1.82, 2.24) is 0 Å². The number of ketones is 2. The highest BCUT2D eigenvalue weighted by molar-refractivity contribution is 7.99. The monoisotopic (exact) mass is 708 g/mol. The largest absolute Gasteiger partial charge is 0.472 e. The summed E-state index contributed by atoms with van der Waals surface area (Å²) >= 11 is 1.48. The van der Waals surface area contributed by atoms with Crippen molar-refractivity contribution in [2.45, 2.75) is 111 Å². The van der Waals surface area contributed by atoms with E-state index >= 15 is 0 Å². The fourth-order valence-corrected chi connectivity index (χ4v) is 6.62. The number of rotatable bonds is 30. The van der Waals surface area contributed by atoms with Gasteiger partial charge in [-0.25, -0.2) is 9.13 Å². The van der Waals surface area contributed by atoms with Gasteiger partial charge in [-0.1, -0.05) is 19.3 Å². The molecule has 0 aromatic rings. The van der Waals surface area contributed by atoms with Crippen molar-refractivity contribution >= 4 is 39.0 Å². The minimum atomic E-state index is -4.10. The van der Waals surface area contributed by atoms with Gasteiger partial charge in [0, 0.05) is 31.6 Å². The van der Waals surface area contributed by atoms with Gasteiger partial charge < -0.3 is 24.0 Å². The molecule has 13 nitrogen and oxygen atoms in total. The van der Waals surface area contributed by atoms with E-state index in [1.807, 2.05) is 0 Å². The Kier molecular flexibility index (Phi) is 24.7. The van der Waals surface area contributed by atoms with Crippen LogP contribution in [-0.4, -0.2) is 96.9 Å². The van der Waals surface area contributed by atoms with Crippen LogP contribution >= 0.6 is 27.4 Å². The lowest BCUT2D eigenvalue weighted by atomic mass is 10.1. The zero-order valence-electron chi connectivity index (χ0n) is 28.1. The second kappa shape index (κ2) is 24.9. The van der Waals surface area contributed by atoms with Crippen LogP contribution in [0, 0.1) is 0 Å². The molecule has 2 unspecified atom stereocenters. The van der Waals surface area contributed by atoms with Crippen LogP contribution in [0.3, 0.4) is 0 Å². The first-order valence-corrected chi connectivity index (χ1v) is 19.8. The van der Waals surface area contributed by atoms with E-state index in [2.05, 4.69) is 0 Å². The lowest BCUT2D eigenvalue weighted by Gasteiger charge is -2.22. The first kappa shape index (κ1) is 44.8. The molecule has 0 fully saturated rings. The summed E-state index contributed by atoms with van der Waals surface area (Å²) < 4.78 is 59.4. The fraction of sp³-hybridized carbons (Fsp3) is 0.931. The number of phosphoric ester groups is 2. The second-order valence-corrected chi connectivity index (χ2v) is 16.2. The Morgan fingerprint density at radius 3 is 1.56 bits per heavy atom. The van der Waals surface area contributed by atoms with Gasteiger partial charge in [-0.3, -0.25) is 27.7 Å². The summed E-state index contributed by atoms with van der Waals surface area (Å²) in [5, 5.41) is 0. The molecule has 0 aliphatic carbocycles. The molecule has 0 heterocycles. The molecule has 0 radical (unpaired) electrons. The average Bonchev–Trinajstić information content (AvgIpc) is 2.88. The van der Waals surface area contributed by atoms with Crippen molar-refractivity contribution in [2.75, 3.05) is 64.4 Å². The zero-order valence-corrected chi connectivity index (χ0v) is 30.7. The molecule has 0 aliphatic heterocycles. The highest BCUT2D eigenvalue weighted by Gasteiger charge is 2.29. The summed E-state index contributed by atoms with van der Waals surface area (Å²) in [5.41, 5.74) is -1.54. The molecule has 0 aromatic carbocycles. The van der Waals surface area contributed by atoms with Crippen molar-refractivity contribution in [3.05, 3.63) is 0 Å². The van der Waals surface area contributed by atoms with Gasteiger partial charge in [0.05, 0.1) is 63.2 Å². The minimum absolute atomic E-state index is 0.0719. The molecule has 0 bridgehead atoms. The number of hydrogen-bond acceptors (Lipinski definition) is 12. The molecule has 0 saturated heterocycles. The molecule has 2 N–H and O–H groups in total. The van der Waals surface area contributed by atoms with Gasteiger partial charge in [0.15, 0.2) is 0 Å². The molecule has 0 rings (SSSR count). The Labute approximate surface area is 274 Å². The molecule has 268 valence electrons. The SMILES string of the molecule is CC(C)(C)OP(=O)(O)OCCCCCCCC(=O)CCSCC(=O)CCCOCCOCCOCCOP(=O)(O)OC(C)(C)C. The number of carbonyl (C=O) groups is 2. The number of thioether (sulfide) groups is 1. The van der Waals surface area contributed by atoms with E-state index in [1.165, 1.54) is 11.8 Å². The van der Waals surface area contributed by atoms with Crippen molar-refractivity contribution in [2.24, 2.45) is 0 Å². The van der Waals surface area contributed by atoms with Crippen molar-refractivity contribution in [1.29, 1.82) is 0 Å². The van der Waals surface area contributed by atoms with Crippen LogP contribution in [0.25, 0.3) is 0 Å². The van der Waals surface area contributed by atoms with Gasteiger partial charge in [0.25, 0.3) is 0 Å². The van der Waals surface area contributed by atoms with Gasteiger partial charge in [-0.15, -0.1) is 0 Å². The molecule has 0 saturated carbocycles. The molecule has 45 heavy (non-hydrogen) atoms. The lowest BCUT2D eigenvalue weighted by Crippen LogP contribution is -2.19. The second-order valence-electron chi connectivity index (χ2n) is 12.3. The van der Waals surface area contributed by atoms with Crippen LogP contribution in [0.4, 0.5) is 0 Å². The van der Waals surface area contributed by atoms with Crippen molar-refractivity contribution in [3.63, 3.8) is 0 Å². The van der Waals surface area contributed by atoms with Gasteiger partial charge in [-0.2, -0.15) is 11.8 Å². The summed E-state index contributed by atoms with van der Waals surface area (Å²) in [5.74, 6) is 1.38. The summed E-state index contributed by atoms with van der Waals surface area (Å²) in [6.45, 7) is 12.2. The van der Waals surface area contributed by atoms with Crippen LogP contribution < -0.4 is 0 Å². The van der Waals surface area contributed by atoms with Crippen LogP contribution in [0.2, 0.25) is 0 Å². The molecule has 16 heteroatoms. The maximum atomic E-state index is 12.1. The smallest absolute Gasteiger partial charge is 0.379 e. The minimum Gasteiger partial charge on any atom is -0.379 e. The van der Waals surface area contributed by atoms with E-state index in [0.29, 0.717) is 76.6 Å². The van der Waals surface area contributed by atoms with Crippen molar-refractivity contribution < 1.29 is 60.8 Å². The molecule has 0 aliphatic rings. The van der Waals surface area contributed by atoms with Gasteiger partial charge in [-0.05, 0) is 60.8 Å². The van der Waals surface area contributed by atoms with Gasteiger partial charge >= 0.3 is 15.6 Å². The maximum absolute atomic E-state index is 12.1. The standard InChI is InChI=1S/C29H58O13P2S/c1-28(2,3)41-43(32,33)39-17-11-9-7-8-10-13-26(30)15-24-45-25-27(31)14-12-16-36-18-19-37-20-21-38-22-23-40-44(34,35)42-29(4,5)6/h7-25H2,1-6H3,(H,32,33)(H,34,35). The molecule has 0 amide bonds. The number of hydrogen-bond donors (Lipinski definition) is 2. The number of phosphoric acid groups is 2. The Morgan fingerprint density at radius 2 is 1.00 bits per heavy atom. The fourth-order valence-electron chi connectivity index (χ4n) is 3.57. The van der Waals surface area contributed by atoms with E-state index in [0.717, 1.165) is 25.7 Å². The highest BCUT2D eigenvalue weighted by atomic mass is 32.2. The topological polar surface area (TPSA) is 173 Å². The third-order valence-electron chi connectivity index (χ3n) is 5.39. The zero-order chi connectivity index (χ0) is 34.2. The molecular weight excluding hydrogens is 650 g/mol. The number of carbonyl (C=O) groups excluding carboxylic acids is 2. The number of Topliss-reactive ketones (excluding diaryl/α,β-unsaturated/α-hetero) is 2. The number of ether oxygens (including phenoxy) is 3. The Bertz CT molecular complexity index is 890. The summed E-state index contributed by atoms with van der Waals surface area (Å²) in [7, 11) is -8.13. The van der Waals surface area contributed by atoms with Crippen LogP contribution in [0.1, 0.15) is 99.3 Å². The lowest BCUT2D eigenvalue weighted by molar-refractivity contribution is -0.119. The Morgan fingerprint density at radius 1 is 0.556 bits per heavy atom. The average molecular weight is 709 g/mol. The number of unbranched alkanes of at least 4 members (excludes halogenated alkanes) is 4. The normalized spacial score (nSPS) is 15.1. The first-order chi connectivity index (χ1) is 20.9. The Hall–Kier alpha value is -0.210. The Balaban J connectivity index is 3.49. The van der Waals surface area contributed by atoms with Crippen LogP contribution in [0.15, 0.2) is 0 Å².